The number of aromatic nitrogens is 3. The van der Waals surface area contributed by atoms with Crippen LogP contribution in [0.4, 0.5) is 5.69 Å². The minimum absolute atomic E-state index is 0.367. The molecule has 0 fully saturated rings. The Hall–Kier alpha value is -2.76. The van der Waals surface area contributed by atoms with Gasteiger partial charge in [-0.15, -0.1) is 0 Å². The monoisotopic (exact) mass is 270 g/mol. The average molecular weight is 270 g/mol. The second kappa shape index (κ2) is 5.08. The number of carbonyl (C=O) groups excluding carboxylic acids is 1. The van der Waals surface area contributed by atoms with Crippen molar-refractivity contribution in [3.63, 3.8) is 0 Å². The molecule has 20 heavy (non-hydrogen) atoms. The van der Waals surface area contributed by atoms with Gasteiger partial charge in [-0.3, -0.25) is 5.10 Å². The van der Waals surface area contributed by atoms with Crippen LogP contribution in [0.25, 0.3) is 10.9 Å². The summed E-state index contributed by atoms with van der Waals surface area (Å²) in [6, 6.07) is 9.48. The largest absolute Gasteiger partial charge is 0.464 e. The quantitative estimate of drug-likeness (QED) is 0.635. The fourth-order valence-corrected chi connectivity index (χ4v) is 2.09. The number of hydrogen-bond acceptors (Lipinski definition) is 4. The number of aromatic amines is 2. The number of carbonyl (C=O) groups is 1. The van der Waals surface area contributed by atoms with E-state index in [-0.39, 0.29) is 5.97 Å². The van der Waals surface area contributed by atoms with Crippen LogP contribution in [-0.2, 0) is 11.3 Å². The maximum Gasteiger partial charge on any atom is 0.354 e. The molecule has 0 unspecified atom stereocenters. The van der Waals surface area contributed by atoms with Crippen molar-refractivity contribution in [3.05, 3.63) is 47.9 Å². The molecular formula is C14H14N4O2. The third kappa shape index (κ3) is 2.23. The van der Waals surface area contributed by atoms with Gasteiger partial charge in [0.25, 0.3) is 0 Å². The second-order valence-electron chi connectivity index (χ2n) is 4.38. The molecule has 3 N–H and O–H groups in total. The zero-order valence-corrected chi connectivity index (χ0v) is 10.9. The predicted octanol–water partition coefficient (Wildman–Crippen LogP) is 2.29. The molecule has 0 amide bonds. The molecule has 1 aromatic carbocycles. The van der Waals surface area contributed by atoms with Crippen molar-refractivity contribution in [2.75, 3.05) is 12.4 Å². The van der Waals surface area contributed by atoms with E-state index in [9.17, 15) is 4.79 Å². The first-order valence-corrected chi connectivity index (χ1v) is 6.20. The van der Waals surface area contributed by atoms with Gasteiger partial charge in [-0.1, -0.05) is 6.07 Å². The maximum atomic E-state index is 11.4. The molecule has 3 aromatic rings. The van der Waals surface area contributed by atoms with Crippen molar-refractivity contribution < 1.29 is 9.53 Å². The fraction of sp³-hybridized carbons (Fsp3) is 0.143. The minimum atomic E-state index is -0.367. The van der Waals surface area contributed by atoms with E-state index >= 15 is 0 Å². The van der Waals surface area contributed by atoms with E-state index in [0.29, 0.717) is 12.2 Å². The molecule has 0 saturated heterocycles. The standard InChI is InChI=1S/C14H14N4O2/c1-20-14(19)13-6-5-9(17-13)7-15-11-3-2-4-12-10(11)8-16-18-12/h2-6,8,15,17H,7H2,1H3,(H,16,18). The molecule has 2 aromatic heterocycles. The van der Waals surface area contributed by atoms with Crippen molar-refractivity contribution >= 4 is 22.6 Å². The highest BCUT2D eigenvalue weighted by molar-refractivity contribution is 5.91. The van der Waals surface area contributed by atoms with Gasteiger partial charge in [-0.2, -0.15) is 5.10 Å². The van der Waals surface area contributed by atoms with E-state index in [1.165, 1.54) is 7.11 Å². The number of esters is 1. The Morgan fingerprint density at radius 1 is 1.35 bits per heavy atom. The van der Waals surface area contributed by atoms with Gasteiger partial charge in [-0.05, 0) is 24.3 Å². The smallest absolute Gasteiger partial charge is 0.354 e. The highest BCUT2D eigenvalue weighted by Gasteiger charge is 2.08. The lowest BCUT2D eigenvalue weighted by atomic mass is 10.2. The number of nitrogens with one attached hydrogen (secondary N) is 3. The summed E-state index contributed by atoms with van der Waals surface area (Å²) in [6.07, 6.45) is 1.78. The summed E-state index contributed by atoms with van der Waals surface area (Å²) in [5, 5.41) is 11.3. The lowest BCUT2D eigenvalue weighted by molar-refractivity contribution is 0.0594. The molecule has 3 rings (SSSR count). The maximum absolute atomic E-state index is 11.4. The van der Waals surface area contributed by atoms with Gasteiger partial charge < -0.3 is 15.0 Å². The van der Waals surface area contributed by atoms with E-state index in [4.69, 9.17) is 0 Å². The van der Waals surface area contributed by atoms with Crippen LogP contribution >= 0.6 is 0 Å². The number of rotatable bonds is 4. The third-order valence-corrected chi connectivity index (χ3v) is 3.11. The summed E-state index contributed by atoms with van der Waals surface area (Å²) < 4.78 is 4.66. The molecule has 102 valence electrons. The van der Waals surface area contributed by atoms with Crippen molar-refractivity contribution in [2.24, 2.45) is 0 Å². The van der Waals surface area contributed by atoms with E-state index in [1.54, 1.807) is 12.3 Å². The van der Waals surface area contributed by atoms with Crippen LogP contribution in [0, 0.1) is 0 Å². The zero-order valence-electron chi connectivity index (χ0n) is 10.9. The summed E-state index contributed by atoms with van der Waals surface area (Å²) in [6.45, 7) is 0.585. The third-order valence-electron chi connectivity index (χ3n) is 3.11. The van der Waals surface area contributed by atoms with E-state index in [1.807, 2.05) is 24.3 Å². The number of nitrogens with zero attached hydrogens (tertiary/aromatic N) is 1. The van der Waals surface area contributed by atoms with Crippen LogP contribution < -0.4 is 5.32 Å². The lowest BCUT2D eigenvalue weighted by Gasteiger charge is -2.06. The molecule has 0 radical (unpaired) electrons. The first-order valence-electron chi connectivity index (χ1n) is 6.20. The Bertz CT molecular complexity index is 744. The SMILES string of the molecule is COC(=O)c1ccc(CNc2cccc3[nH]ncc23)[nH]1. The van der Waals surface area contributed by atoms with Gasteiger partial charge in [-0.25, -0.2) is 4.79 Å². The van der Waals surface area contributed by atoms with Crippen LogP contribution in [0.2, 0.25) is 0 Å². The number of benzene rings is 1. The number of ether oxygens (including phenoxy) is 1. The normalized spacial score (nSPS) is 10.7. The van der Waals surface area contributed by atoms with Gasteiger partial charge in [0.1, 0.15) is 5.69 Å². The van der Waals surface area contributed by atoms with Crippen LogP contribution in [0.3, 0.4) is 0 Å². The van der Waals surface area contributed by atoms with Crippen molar-refractivity contribution in [1.29, 1.82) is 0 Å². The summed E-state index contributed by atoms with van der Waals surface area (Å²) in [5.41, 5.74) is 3.33. The molecule has 0 atom stereocenters. The van der Waals surface area contributed by atoms with Crippen LogP contribution in [0.15, 0.2) is 36.5 Å². The van der Waals surface area contributed by atoms with Crippen molar-refractivity contribution in [3.8, 4) is 0 Å². The molecule has 0 bridgehead atoms. The fourth-order valence-electron chi connectivity index (χ4n) is 2.09. The molecule has 0 spiro atoms. The van der Waals surface area contributed by atoms with Gasteiger partial charge in [0, 0.05) is 16.8 Å². The Balaban J connectivity index is 1.75. The molecule has 6 heteroatoms. The Kier molecular flexibility index (Phi) is 3.12. The summed E-state index contributed by atoms with van der Waals surface area (Å²) in [5.74, 6) is -0.367. The number of anilines is 1. The highest BCUT2D eigenvalue weighted by atomic mass is 16.5. The molecule has 2 heterocycles. The van der Waals surface area contributed by atoms with Crippen LogP contribution in [0.5, 0.6) is 0 Å². The predicted molar refractivity (Wildman–Crippen MR) is 75.6 cm³/mol. The Labute approximate surface area is 115 Å². The zero-order chi connectivity index (χ0) is 13.9. The van der Waals surface area contributed by atoms with Crippen molar-refractivity contribution in [1.82, 2.24) is 15.2 Å². The van der Waals surface area contributed by atoms with E-state index in [2.05, 4.69) is 25.2 Å². The van der Waals surface area contributed by atoms with E-state index in [0.717, 1.165) is 22.3 Å². The molecule has 0 aliphatic heterocycles. The first-order chi connectivity index (χ1) is 9.78. The first kappa shape index (κ1) is 12.3. The number of fused-ring (bicyclic) bond motifs is 1. The van der Waals surface area contributed by atoms with E-state index < -0.39 is 0 Å². The number of methoxy groups -OCH3 is 1. The Morgan fingerprint density at radius 2 is 2.25 bits per heavy atom. The summed E-state index contributed by atoms with van der Waals surface area (Å²) >= 11 is 0. The summed E-state index contributed by atoms with van der Waals surface area (Å²) in [4.78, 5) is 14.4. The molecular weight excluding hydrogens is 256 g/mol. The van der Waals surface area contributed by atoms with Crippen LogP contribution in [0.1, 0.15) is 16.2 Å². The molecule has 0 aliphatic carbocycles. The molecule has 6 nitrogen and oxygen atoms in total. The Morgan fingerprint density at radius 3 is 3.10 bits per heavy atom. The highest BCUT2D eigenvalue weighted by Crippen LogP contribution is 2.21. The number of hydrogen-bond donors (Lipinski definition) is 3. The van der Waals surface area contributed by atoms with Gasteiger partial charge >= 0.3 is 5.97 Å². The number of H-pyrrole nitrogens is 2. The minimum Gasteiger partial charge on any atom is -0.464 e. The molecule has 0 aliphatic rings. The van der Waals surface area contributed by atoms with Gasteiger partial charge in [0.2, 0.25) is 0 Å². The van der Waals surface area contributed by atoms with Crippen LogP contribution in [-0.4, -0.2) is 28.3 Å². The van der Waals surface area contributed by atoms with Crippen molar-refractivity contribution in [2.45, 2.75) is 6.54 Å². The summed E-state index contributed by atoms with van der Waals surface area (Å²) in [7, 11) is 1.36. The topological polar surface area (TPSA) is 82.8 Å². The van der Waals surface area contributed by atoms with Gasteiger partial charge in [0.15, 0.2) is 0 Å². The molecule has 0 saturated carbocycles. The average Bonchev–Trinajstić information content (AvgIpc) is 3.13. The van der Waals surface area contributed by atoms with Gasteiger partial charge in [0.05, 0.1) is 25.4 Å². The second-order valence-corrected chi connectivity index (χ2v) is 4.38. The lowest BCUT2D eigenvalue weighted by Crippen LogP contribution is -2.03.